The average Bonchev–Trinajstić information content (AvgIpc) is 2.14. The summed E-state index contributed by atoms with van der Waals surface area (Å²) in [7, 11) is 0. The molecule has 2 nitrogen and oxygen atoms in total. The fourth-order valence-electron chi connectivity index (χ4n) is 1.22. The lowest BCUT2D eigenvalue weighted by atomic mass is 10.3. The van der Waals surface area contributed by atoms with Gasteiger partial charge in [0.25, 0.3) is 0 Å². The van der Waals surface area contributed by atoms with E-state index in [1.165, 1.54) is 25.0 Å². The van der Waals surface area contributed by atoms with Gasteiger partial charge in [-0.15, -0.1) is 11.8 Å². The third-order valence-corrected chi connectivity index (χ3v) is 3.14. The van der Waals surface area contributed by atoms with Crippen LogP contribution >= 0.6 is 11.8 Å². The van der Waals surface area contributed by atoms with Crippen LogP contribution in [0.3, 0.4) is 0 Å². The van der Waals surface area contributed by atoms with E-state index in [0.717, 1.165) is 19.7 Å². The van der Waals surface area contributed by atoms with Gasteiger partial charge >= 0.3 is 0 Å². The van der Waals surface area contributed by atoms with Crippen LogP contribution in [-0.2, 0) is 4.74 Å². The first-order chi connectivity index (χ1) is 5.93. The summed E-state index contributed by atoms with van der Waals surface area (Å²) in [6, 6.07) is 0. The summed E-state index contributed by atoms with van der Waals surface area (Å²) in [6.07, 6.45) is 4.00. The van der Waals surface area contributed by atoms with Gasteiger partial charge in [0.1, 0.15) is 5.44 Å². The van der Waals surface area contributed by atoms with E-state index in [0.29, 0.717) is 5.44 Å². The van der Waals surface area contributed by atoms with E-state index >= 15 is 0 Å². The molecule has 0 aromatic carbocycles. The van der Waals surface area contributed by atoms with Crippen LogP contribution in [0.2, 0.25) is 0 Å². The first kappa shape index (κ1) is 10.4. The number of unbranched alkanes of at least 4 members (excludes halogenated alkanes) is 2. The van der Waals surface area contributed by atoms with Crippen molar-refractivity contribution in [1.82, 2.24) is 5.32 Å². The third kappa shape index (κ3) is 4.33. The summed E-state index contributed by atoms with van der Waals surface area (Å²) in [4.78, 5) is 0. The fourth-order valence-corrected chi connectivity index (χ4v) is 2.28. The number of nitrogens with one attached hydrogen (secondary N) is 1. The summed E-state index contributed by atoms with van der Waals surface area (Å²) in [6.45, 7) is 5.16. The highest BCUT2D eigenvalue weighted by molar-refractivity contribution is 7.99. The molecule has 1 saturated heterocycles. The second kappa shape index (κ2) is 6.75. The van der Waals surface area contributed by atoms with Gasteiger partial charge in [-0.05, 0) is 12.2 Å². The zero-order valence-corrected chi connectivity index (χ0v) is 8.66. The lowest BCUT2D eigenvalue weighted by Gasteiger charge is -2.22. The predicted molar refractivity (Wildman–Crippen MR) is 54.6 cm³/mol. The first-order valence-electron chi connectivity index (χ1n) is 4.87. The molecular weight excluding hydrogens is 170 g/mol. The van der Waals surface area contributed by atoms with Crippen LogP contribution in [-0.4, -0.2) is 30.9 Å². The number of hydrogen-bond acceptors (Lipinski definition) is 3. The minimum atomic E-state index is 0.413. The highest BCUT2D eigenvalue weighted by Crippen LogP contribution is 2.15. The van der Waals surface area contributed by atoms with E-state index in [1.807, 2.05) is 11.8 Å². The van der Waals surface area contributed by atoms with E-state index in [9.17, 15) is 0 Å². The van der Waals surface area contributed by atoms with Crippen molar-refractivity contribution in [1.29, 1.82) is 0 Å². The summed E-state index contributed by atoms with van der Waals surface area (Å²) in [5.41, 5.74) is 0.413. The van der Waals surface area contributed by atoms with Gasteiger partial charge in [-0.1, -0.05) is 19.8 Å². The molecule has 1 heterocycles. The van der Waals surface area contributed by atoms with Crippen LogP contribution in [0.25, 0.3) is 0 Å². The molecule has 0 aromatic heterocycles. The van der Waals surface area contributed by atoms with Crippen molar-refractivity contribution in [2.24, 2.45) is 0 Å². The van der Waals surface area contributed by atoms with Crippen molar-refractivity contribution >= 4 is 11.8 Å². The molecule has 1 fully saturated rings. The molecule has 1 atom stereocenters. The maximum atomic E-state index is 5.56. The van der Waals surface area contributed by atoms with Crippen LogP contribution < -0.4 is 5.32 Å². The summed E-state index contributed by atoms with van der Waals surface area (Å²) < 4.78 is 5.56. The number of hydrogen-bond donors (Lipinski definition) is 1. The number of thioether (sulfide) groups is 1. The Hall–Kier alpha value is 0.270. The van der Waals surface area contributed by atoms with E-state index in [4.69, 9.17) is 4.74 Å². The Balaban J connectivity index is 1.91. The van der Waals surface area contributed by atoms with Gasteiger partial charge in [-0.2, -0.15) is 0 Å². The van der Waals surface area contributed by atoms with Gasteiger partial charge in [0.2, 0.25) is 0 Å². The molecule has 12 heavy (non-hydrogen) atoms. The van der Waals surface area contributed by atoms with E-state index in [2.05, 4.69) is 12.2 Å². The largest absolute Gasteiger partial charge is 0.365 e. The standard InChI is InChI=1S/C9H19NOS/c1-2-3-4-7-12-9-8-10-5-6-11-9/h9-10H,2-8H2,1H3. The highest BCUT2D eigenvalue weighted by atomic mass is 32.2. The van der Waals surface area contributed by atoms with Crippen molar-refractivity contribution < 1.29 is 4.74 Å². The number of ether oxygens (including phenoxy) is 1. The number of rotatable bonds is 5. The molecule has 0 spiro atoms. The van der Waals surface area contributed by atoms with Crippen LogP contribution in [0.5, 0.6) is 0 Å². The van der Waals surface area contributed by atoms with Crippen LogP contribution in [0.4, 0.5) is 0 Å². The Bertz CT molecular complexity index is 105. The normalized spacial score (nSPS) is 24.2. The van der Waals surface area contributed by atoms with E-state index in [-0.39, 0.29) is 0 Å². The topological polar surface area (TPSA) is 21.3 Å². The molecular formula is C9H19NOS. The van der Waals surface area contributed by atoms with Crippen molar-refractivity contribution in [3.05, 3.63) is 0 Å². The van der Waals surface area contributed by atoms with Gasteiger partial charge in [-0.25, -0.2) is 0 Å². The van der Waals surface area contributed by atoms with E-state index in [1.54, 1.807) is 0 Å². The molecule has 1 aliphatic heterocycles. The SMILES string of the molecule is CCCCCSC1CNCCO1. The lowest BCUT2D eigenvalue weighted by molar-refractivity contribution is 0.0853. The molecule has 72 valence electrons. The van der Waals surface area contributed by atoms with E-state index < -0.39 is 0 Å². The maximum absolute atomic E-state index is 5.56. The Labute approximate surface area is 79.4 Å². The molecule has 1 aliphatic rings. The second-order valence-corrected chi connectivity index (χ2v) is 4.35. The predicted octanol–water partition coefficient (Wildman–Crippen LogP) is 1.86. The lowest BCUT2D eigenvalue weighted by Crippen LogP contribution is -2.36. The zero-order chi connectivity index (χ0) is 8.65. The van der Waals surface area contributed by atoms with Crippen LogP contribution in [0, 0.1) is 0 Å². The third-order valence-electron chi connectivity index (χ3n) is 1.95. The van der Waals surface area contributed by atoms with Gasteiger partial charge in [0, 0.05) is 13.1 Å². The van der Waals surface area contributed by atoms with Crippen molar-refractivity contribution in [3.63, 3.8) is 0 Å². The van der Waals surface area contributed by atoms with Gasteiger partial charge in [0.15, 0.2) is 0 Å². The molecule has 0 aromatic rings. The molecule has 0 amide bonds. The van der Waals surface area contributed by atoms with Gasteiger partial charge in [0.05, 0.1) is 6.61 Å². The number of morpholine rings is 1. The first-order valence-corrected chi connectivity index (χ1v) is 5.92. The summed E-state index contributed by atoms with van der Waals surface area (Å²) >= 11 is 1.95. The van der Waals surface area contributed by atoms with Crippen molar-refractivity contribution in [3.8, 4) is 0 Å². The Morgan fingerprint density at radius 3 is 3.08 bits per heavy atom. The quantitative estimate of drug-likeness (QED) is 0.667. The molecule has 3 heteroatoms. The Morgan fingerprint density at radius 1 is 1.50 bits per heavy atom. The highest BCUT2D eigenvalue weighted by Gasteiger charge is 2.12. The minimum absolute atomic E-state index is 0.413. The van der Waals surface area contributed by atoms with Crippen LogP contribution in [0.15, 0.2) is 0 Å². The molecule has 0 aliphatic carbocycles. The summed E-state index contributed by atoms with van der Waals surface area (Å²) in [5, 5.41) is 3.33. The molecule has 0 saturated carbocycles. The molecule has 0 bridgehead atoms. The van der Waals surface area contributed by atoms with Crippen LogP contribution in [0.1, 0.15) is 26.2 Å². The molecule has 0 radical (unpaired) electrons. The van der Waals surface area contributed by atoms with Crippen molar-refractivity contribution in [2.75, 3.05) is 25.4 Å². The monoisotopic (exact) mass is 189 g/mol. The smallest absolute Gasteiger partial charge is 0.115 e. The molecule has 1 rings (SSSR count). The fraction of sp³-hybridized carbons (Fsp3) is 1.00. The van der Waals surface area contributed by atoms with Gasteiger partial charge < -0.3 is 10.1 Å². The maximum Gasteiger partial charge on any atom is 0.115 e. The Morgan fingerprint density at radius 2 is 2.42 bits per heavy atom. The summed E-state index contributed by atoms with van der Waals surface area (Å²) in [5.74, 6) is 1.25. The second-order valence-electron chi connectivity index (χ2n) is 3.08. The van der Waals surface area contributed by atoms with Crippen molar-refractivity contribution in [2.45, 2.75) is 31.6 Å². The Kier molecular flexibility index (Phi) is 5.82. The minimum Gasteiger partial charge on any atom is -0.365 e. The average molecular weight is 189 g/mol. The molecule has 1 unspecified atom stereocenters. The molecule has 1 N–H and O–H groups in total. The van der Waals surface area contributed by atoms with Gasteiger partial charge in [-0.3, -0.25) is 0 Å². The zero-order valence-electron chi connectivity index (χ0n) is 7.84.